The van der Waals surface area contributed by atoms with E-state index in [9.17, 15) is 13.2 Å². The first-order chi connectivity index (χ1) is 12.0. The van der Waals surface area contributed by atoms with Crippen molar-refractivity contribution in [2.75, 3.05) is 22.3 Å². The Hall–Kier alpha value is -2.34. The summed E-state index contributed by atoms with van der Waals surface area (Å²) in [5, 5.41) is 0. The average molecular weight is 356 g/mol. The number of aryl methyl sites for hydroxylation is 1. The summed E-state index contributed by atoms with van der Waals surface area (Å²) in [6.45, 7) is 3.02. The van der Waals surface area contributed by atoms with E-state index in [1.807, 2.05) is 31.2 Å². The van der Waals surface area contributed by atoms with E-state index in [1.54, 1.807) is 23.1 Å². The van der Waals surface area contributed by atoms with Crippen molar-refractivity contribution >= 4 is 27.3 Å². The molecule has 1 amide bonds. The Morgan fingerprint density at radius 2 is 1.76 bits per heavy atom. The van der Waals surface area contributed by atoms with Crippen LogP contribution in [0.5, 0.6) is 0 Å². The van der Waals surface area contributed by atoms with Crippen LogP contribution in [-0.2, 0) is 21.2 Å². The second-order valence-electron chi connectivity index (χ2n) is 6.55. The third-order valence-electron chi connectivity index (χ3n) is 4.97. The average Bonchev–Trinajstić information content (AvgIpc) is 3.21. The molecular weight excluding hydrogens is 336 g/mol. The Balaban J connectivity index is 1.70. The highest BCUT2D eigenvalue weighted by Gasteiger charge is 2.31. The summed E-state index contributed by atoms with van der Waals surface area (Å²) in [5.74, 6) is 0.104. The third-order valence-corrected chi connectivity index (χ3v) is 6.77. The van der Waals surface area contributed by atoms with Gasteiger partial charge in [-0.25, -0.2) is 8.42 Å². The van der Waals surface area contributed by atoms with Crippen LogP contribution in [0.3, 0.4) is 0 Å². The zero-order valence-electron chi connectivity index (χ0n) is 14.1. The molecule has 0 aliphatic carbocycles. The Bertz CT molecular complexity index is 953. The zero-order valence-corrected chi connectivity index (χ0v) is 14.9. The second-order valence-corrected chi connectivity index (χ2v) is 8.42. The minimum atomic E-state index is -3.60. The topological polar surface area (TPSA) is 57.7 Å². The summed E-state index contributed by atoms with van der Waals surface area (Å²) < 4.78 is 27.7. The SMILES string of the molecule is Cc1cc(S(=O)(=O)N2CCc3ccccc32)ccc1N1CCCC1=O. The van der Waals surface area contributed by atoms with E-state index < -0.39 is 10.0 Å². The number of nitrogens with zero attached hydrogens (tertiary/aromatic N) is 2. The van der Waals surface area contributed by atoms with Crippen LogP contribution in [0.4, 0.5) is 11.4 Å². The van der Waals surface area contributed by atoms with Gasteiger partial charge in [0.1, 0.15) is 0 Å². The summed E-state index contributed by atoms with van der Waals surface area (Å²) in [7, 11) is -3.60. The molecule has 0 radical (unpaired) electrons. The Labute approximate surface area is 147 Å². The lowest BCUT2D eigenvalue weighted by atomic mass is 10.2. The number of amides is 1. The van der Waals surface area contributed by atoms with Crippen LogP contribution in [0.25, 0.3) is 0 Å². The Morgan fingerprint density at radius 3 is 2.48 bits per heavy atom. The van der Waals surface area contributed by atoms with Gasteiger partial charge in [0.25, 0.3) is 10.0 Å². The molecule has 1 saturated heterocycles. The maximum atomic E-state index is 13.1. The van der Waals surface area contributed by atoms with Crippen molar-refractivity contribution in [3.63, 3.8) is 0 Å². The molecule has 0 spiro atoms. The first kappa shape index (κ1) is 16.1. The fourth-order valence-electron chi connectivity index (χ4n) is 3.68. The van der Waals surface area contributed by atoms with Crippen LogP contribution in [0.2, 0.25) is 0 Å². The molecule has 0 unspecified atom stereocenters. The predicted molar refractivity (Wildman–Crippen MR) is 97.4 cm³/mol. The van der Waals surface area contributed by atoms with Gasteiger partial charge in [-0.05, 0) is 55.2 Å². The standard InChI is InChI=1S/C19H20N2O3S/c1-14-13-16(8-9-17(14)20-11-4-7-19(20)22)25(23,24)21-12-10-15-5-2-3-6-18(15)21/h2-3,5-6,8-9,13H,4,7,10-12H2,1H3. The molecule has 6 heteroatoms. The van der Waals surface area contributed by atoms with Crippen LogP contribution in [0.15, 0.2) is 47.4 Å². The van der Waals surface area contributed by atoms with Crippen LogP contribution in [0, 0.1) is 6.92 Å². The lowest BCUT2D eigenvalue weighted by Gasteiger charge is -2.22. The Morgan fingerprint density at radius 1 is 0.960 bits per heavy atom. The first-order valence-corrected chi connectivity index (χ1v) is 9.94. The summed E-state index contributed by atoms with van der Waals surface area (Å²) in [6, 6.07) is 12.7. The normalized spacial score (nSPS) is 17.2. The van der Waals surface area contributed by atoms with Gasteiger partial charge in [-0.3, -0.25) is 9.10 Å². The van der Waals surface area contributed by atoms with Gasteiger partial charge < -0.3 is 4.90 Å². The maximum absolute atomic E-state index is 13.1. The molecule has 0 aromatic heterocycles. The molecule has 2 aliphatic rings. The molecule has 2 aromatic rings. The number of fused-ring (bicyclic) bond motifs is 1. The number of benzene rings is 2. The first-order valence-electron chi connectivity index (χ1n) is 8.50. The van der Waals surface area contributed by atoms with Crippen LogP contribution < -0.4 is 9.21 Å². The van der Waals surface area contributed by atoms with E-state index >= 15 is 0 Å². The van der Waals surface area contributed by atoms with E-state index in [-0.39, 0.29) is 10.8 Å². The molecule has 4 rings (SSSR count). The van der Waals surface area contributed by atoms with Crippen LogP contribution in [0.1, 0.15) is 24.0 Å². The van der Waals surface area contributed by atoms with Crippen molar-refractivity contribution < 1.29 is 13.2 Å². The van der Waals surface area contributed by atoms with Crippen LogP contribution >= 0.6 is 0 Å². The number of rotatable bonds is 3. The summed E-state index contributed by atoms with van der Waals surface area (Å²) in [6.07, 6.45) is 2.14. The number of sulfonamides is 1. The molecule has 1 fully saturated rings. The van der Waals surface area contributed by atoms with E-state index in [4.69, 9.17) is 0 Å². The number of hydrogen-bond acceptors (Lipinski definition) is 3. The van der Waals surface area contributed by atoms with Crippen molar-refractivity contribution in [3.8, 4) is 0 Å². The van der Waals surface area contributed by atoms with E-state index in [2.05, 4.69) is 0 Å². The fourth-order valence-corrected chi connectivity index (χ4v) is 5.27. The highest BCUT2D eigenvalue weighted by atomic mass is 32.2. The van der Waals surface area contributed by atoms with Gasteiger partial charge in [0.15, 0.2) is 0 Å². The lowest BCUT2D eigenvalue weighted by Crippen LogP contribution is -2.29. The maximum Gasteiger partial charge on any atom is 0.264 e. The fraction of sp³-hybridized carbons (Fsp3) is 0.316. The molecule has 5 nitrogen and oxygen atoms in total. The zero-order chi connectivity index (χ0) is 17.6. The largest absolute Gasteiger partial charge is 0.312 e. The van der Waals surface area contributed by atoms with Gasteiger partial charge in [-0.1, -0.05) is 18.2 Å². The highest BCUT2D eigenvalue weighted by molar-refractivity contribution is 7.92. The molecule has 25 heavy (non-hydrogen) atoms. The molecule has 130 valence electrons. The second kappa shape index (κ2) is 5.88. The molecule has 2 heterocycles. The molecule has 2 aromatic carbocycles. The molecule has 0 N–H and O–H groups in total. The minimum Gasteiger partial charge on any atom is -0.312 e. The van der Waals surface area contributed by atoms with Crippen molar-refractivity contribution in [2.24, 2.45) is 0 Å². The molecular formula is C19H20N2O3S. The van der Waals surface area contributed by atoms with Gasteiger partial charge in [-0.2, -0.15) is 0 Å². The van der Waals surface area contributed by atoms with Gasteiger partial charge in [-0.15, -0.1) is 0 Å². The van der Waals surface area contributed by atoms with Crippen molar-refractivity contribution in [1.82, 2.24) is 0 Å². The third kappa shape index (κ3) is 2.61. The monoisotopic (exact) mass is 356 g/mol. The lowest BCUT2D eigenvalue weighted by molar-refractivity contribution is -0.117. The molecule has 2 aliphatic heterocycles. The minimum absolute atomic E-state index is 0.104. The van der Waals surface area contributed by atoms with Gasteiger partial charge in [0.05, 0.1) is 10.6 Å². The van der Waals surface area contributed by atoms with Gasteiger partial charge >= 0.3 is 0 Å². The van der Waals surface area contributed by atoms with Crippen LogP contribution in [-0.4, -0.2) is 27.4 Å². The van der Waals surface area contributed by atoms with Gasteiger partial charge in [0.2, 0.25) is 5.91 Å². The molecule has 0 saturated carbocycles. The molecule has 0 atom stereocenters. The summed E-state index contributed by atoms with van der Waals surface area (Å²) in [5.41, 5.74) is 3.44. The highest BCUT2D eigenvalue weighted by Crippen LogP contribution is 2.34. The Kier molecular flexibility index (Phi) is 3.80. The van der Waals surface area contributed by atoms with Gasteiger partial charge in [0, 0.05) is 25.2 Å². The van der Waals surface area contributed by atoms with Crippen molar-refractivity contribution in [2.45, 2.75) is 31.1 Å². The van der Waals surface area contributed by atoms with Crippen molar-refractivity contribution in [1.29, 1.82) is 0 Å². The number of anilines is 2. The summed E-state index contributed by atoms with van der Waals surface area (Å²) in [4.78, 5) is 14.0. The quantitative estimate of drug-likeness (QED) is 0.850. The summed E-state index contributed by atoms with van der Waals surface area (Å²) >= 11 is 0. The number of carbonyl (C=O) groups is 1. The number of para-hydroxylation sites is 1. The van der Waals surface area contributed by atoms with E-state index in [0.29, 0.717) is 19.5 Å². The van der Waals surface area contributed by atoms with E-state index in [0.717, 1.165) is 35.3 Å². The number of carbonyl (C=O) groups excluding carboxylic acids is 1. The van der Waals surface area contributed by atoms with Crippen molar-refractivity contribution in [3.05, 3.63) is 53.6 Å². The van der Waals surface area contributed by atoms with E-state index in [1.165, 1.54) is 4.31 Å². The smallest absolute Gasteiger partial charge is 0.264 e. The number of hydrogen-bond donors (Lipinski definition) is 0. The molecule has 0 bridgehead atoms. The predicted octanol–water partition coefficient (Wildman–Crippen LogP) is 2.87.